The van der Waals surface area contributed by atoms with Gasteiger partial charge in [0, 0.05) is 12.1 Å². The van der Waals surface area contributed by atoms with Crippen LogP contribution in [0.15, 0.2) is 11.0 Å². The summed E-state index contributed by atoms with van der Waals surface area (Å²) < 4.78 is 0. The number of carboxylic acids is 1. The first-order valence-electron chi connectivity index (χ1n) is 5.90. The fourth-order valence-electron chi connectivity index (χ4n) is 2.30. The van der Waals surface area contributed by atoms with Crippen molar-refractivity contribution in [2.24, 2.45) is 5.92 Å². The molecule has 0 atom stereocenters. The van der Waals surface area contributed by atoms with Gasteiger partial charge in [0.05, 0.1) is 0 Å². The third-order valence-corrected chi connectivity index (χ3v) is 3.45. The Bertz CT molecular complexity index is 473. The number of rotatable bonds is 2. The third kappa shape index (κ3) is 2.54. The number of aromatic nitrogens is 2. The Morgan fingerprint density at radius 2 is 2.06 bits per heavy atom. The molecule has 2 rings (SSSR count). The molecule has 1 aliphatic carbocycles. The molecule has 1 saturated carbocycles. The number of aromatic amines is 1. The van der Waals surface area contributed by atoms with Gasteiger partial charge in [-0.3, -0.25) is 4.79 Å². The van der Waals surface area contributed by atoms with Crippen molar-refractivity contribution in [3.63, 3.8) is 0 Å². The Labute approximate surface area is 98.9 Å². The van der Waals surface area contributed by atoms with Crippen LogP contribution < -0.4 is 5.56 Å². The lowest BCUT2D eigenvalue weighted by Crippen LogP contribution is -2.23. The normalized spacial score (nSPS) is 24.5. The van der Waals surface area contributed by atoms with Crippen molar-refractivity contribution in [3.8, 4) is 0 Å². The van der Waals surface area contributed by atoms with Gasteiger partial charge in [0.15, 0.2) is 0 Å². The molecular weight excluding hydrogens is 220 g/mol. The van der Waals surface area contributed by atoms with Crippen LogP contribution >= 0.6 is 0 Å². The first kappa shape index (κ1) is 11.8. The second-order valence-corrected chi connectivity index (χ2v) is 4.77. The average Bonchev–Trinajstić information content (AvgIpc) is 2.29. The van der Waals surface area contributed by atoms with E-state index in [-0.39, 0.29) is 11.5 Å². The van der Waals surface area contributed by atoms with Gasteiger partial charge in [0.2, 0.25) is 0 Å². The summed E-state index contributed by atoms with van der Waals surface area (Å²) in [7, 11) is 0. The summed E-state index contributed by atoms with van der Waals surface area (Å²) in [5.74, 6) is 0.396. The lowest BCUT2D eigenvalue weighted by Gasteiger charge is -2.25. The SMILES string of the molecule is CC1CCC(c2ncc(C(=O)O)c(=O)[nH]2)CC1. The molecular formula is C12H16N2O3. The van der Waals surface area contributed by atoms with Crippen LogP contribution in [0.5, 0.6) is 0 Å². The number of carbonyl (C=O) groups is 1. The van der Waals surface area contributed by atoms with Crippen molar-refractivity contribution in [2.75, 3.05) is 0 Å². The van der Waals surface area contributed by atoms with E-state index < -0.39 is 11.5 Å². The van der Waals surface area contributed by atoms with Crippen LogP contribution in [0.25, 0.3) is 0 Å². The second-order valence-electron chi connectivity index (χ2n) is 4.77. The van der Waals surface area contributed by atoms with Gasteiger partial charge in [-0.25, -0.2) is 9.78 Å². The van der Waals surface area contributed by atoms with Crippen LogP contribution in [0.2, 0.25) is 0 Å². The Balaban J connectivity index is 2.20. The molecule has 0 amide bonds. The summed E-state index contributed by atoms with van der Waals surface area (Å²) in [5.41, 5.74) is -0.848. The quantitative estimate of drug-likeness (QED) is 0.819. The summed E-state index contributed by atoms with van der Waals surface area (Å²) in [6, 6.07) is 0. The monoisotopic (exact) mass is 236 g/mol. The minimum Gasteiger partial charge on any atom is -0.477 e. The smallest absolute Gasteiger partial charge is 0.342 e. The first-order valence-corrected chi connectivity index (χ1v) is 5.90. The van der Waals surface area contributed by atoms with Crippen molar-refractivity contribution in [3.05, 3.63) is 27.9 Å². The van der Waals surface area contributed by atoms with Gasteiger partial charge in [-0.1, -0.05) is 19.8 Å². The highest BCUT2D eigenvalue weighted by atomic mass is 16.4. The Hall–Kier alpha value is -1.65. The van der Waals surface area contributed by atoms with E-state index in [9.17, 15) is 9.59 Å². The average molecular weight is 236 g/mol. The van der Waals surface area contributed by atoms with Gasteiger partial charge < -0.3 is 10.1 Å². The topological polar surface area (TPSA) is 83.0 Å². The maximum Gasteiger partial charge on any atom is 0.342 e. The maximum atomic E-state index is 11.5. The van der Waals surface area contributed by atoms with Crippen molar-refractivity contribution in [1.82, 2.24) is 9.97 Å². The number of hydrogen-bond donors (Lipinski definition) is 2. The predicted molar refractivity (Wildman–Crippen MR) is 62.2 cm³/mol. The van der Waals surface area contributed by atoms with Crippen LogP contribution in [0.4, 0.5) is 0 Å². The minimum atomic E-state index is -1.23. The zero-order valence-electron chi connectivity index (χ0n) is 9.77. The van der Waals surface area contributed by atoms with Crippen molar-refractivity contribution in [2.45, 2.75) is 38.5 Å². The molecule has 1 aromatic heterocycles. The third-order valence-electron chi connectivity index (χ3n) is 3.45. The van der Waals surface area contributed by atoms with E-state index in [2.05, 4.69) is 16.9 Å². The number of carboxylic acid groups (broad SMARTS) is 1. The number of H-pyrrole nitrogens is 1. The number of aromatic carboxylic acids is 1. The zero-order chi connectivity index (χ0) is 12.4. The van der Waals surface area contributed by atoms with Gasteiger partial charge in [0.25, 0.3) is 5.56 Å². The van der Waals surface area contributed by atoms with Crippen LogP contribution in [0.1, 0.15) is 54.7 Å². The van der Waals surface area contributed by atoms with E-state index in [0.717, 1.165) is 37.8 Å². The van der Waals surface area contributed by atoms with Gasteiger partial charge in [-0.2, -0.15) is 0 Å². The van der Waals surface area contributed by atoms with Gasteiger partial charge >= 0.3 is 5.97 Å². The van der Waals surface area contributed by atoms with Crippen molar-refractivity contribution >= 4 is 5.97 Å². The molecule has 1 heterocycles. The molecule has 92 valence electrons. The molecule has 0 saturated heterocycles. The van der Waals surface area contributed by atoms with Crippen molar-refractivity contribution in [1.29, 1.82) is 0 Å². The Kier molecular flexibility index (Phi) is 3.26. The fraction of sp³-hybridized carbons (Fsp3) is 0.583. The summed E-state index contributed by atoms with van der Waals surface area (Å²) in [4.78, 5) is 28.9. The molecule has 1 fully saturated rings. The van der Waals surface area contributed by atoms with Crippen LogP contribution in [0, 0.1) is 5.92 Å². The Morgan fingerprint density at radius 1 is 1.41 bits per heavy atom. The molecule has 1 aromatic rings. The van der Waals surface area contributed by atoms with E-state index in [1.54, 1.807) is 0 Å². The molecule has 2 N–H and O–H groups in total. The number of nitrogens with zero attached hydrogens (tertiary/aromatic N) is 1. The molecule has 1 aliphatic rings. The minimum absolute atomic E-state index is 0.266. The van der Waals surface area contributed by atoms with E-state index in [1.165, 1.54) is 0 Å². The standard InChI is InChI=1S/C12H16N2O3/c1-7-2-4-8(5-3-7)10-13-6-9(12(16)17)11(15)14-10/h6-8H,2-5H2,1H3,(H,16,17)(H,13,14,15). The summed E-state index contributed by atoms with van der Waals surface area (Å²) in [5, 5.41) is 8.74. The van der Waals surface area contributed by atoms with Crippen LogP contribution in [-0.2, 0) is 0 Å². The zero-order valence-corrected chi connectivity index (χ0v) is 9.77. The molecule has 5 nitrogen and oxygen atoms in total. The van der Waals surface area contributed by atoms with E-state index in [1.807, 2.05) is 0 Å². The summed E-state index contributed by atoms with van der Waals surface area (Å²) >= 11 is 0. The molecule has 0 radical (unpaired) electrons. The lowest BCUT2D eigenvalue weighted by atomic mass is 9.82. The number of hydrogen-bond acceptors (Lipinski definition) is 3. The molecule has 0 bridgehead atoms. The highest BCUT2D eigenvalue weighted by Gasteiger charge is 2.22. The summed E-state index contributed by atoms with van der Waals surface area (Å²) in [6.45, 7) is 2.22. The molecule has 5 heteroatoms. The Morgan fingerprint density at radius 3 is 2.59 bits per heavy atom. The molecule has 0 aromatic carbocycles. The largest absolute Gasteiger partial charge is 0.477 e. The van der Waals surface area contributed by atoms with E-state index >= 15 is 0 Å². The molecule has 0 spiro atoms. The highest BCUT2D eigenvalue weighted by molar-refractivity contribution is 5.86. The molecule has 17 heavy (non-hydrogen) atoms. The van der Waals surface area contributed by atoms with Gasteiger partial charge in [-0.15, -0.1) is 0 Å². The van der Waals surface area contributed by atoms with Gasteiger partial charge in [0.1, 0.15) is 11.4 Å². The summed E-state index contributed by atoms with van der Waals surface area (Å²) in [6.07, 6.45) is 5.45. The van der Waals surface area contributed by atoms with Crippen molar-refractivity contribution < 1.29 is 9.90 Å². The van der Waals surface area contributed by atoms with E-state index in [0.29, 0.717) is 5.82 Å². The first-order chi connectivity index (χ1) is 8.08. The van der Waals surface area contributed by atoms with Crippen LogP contribution in [-0.4, -0.2) is 21.0 Å². The second kappa shape index (κ2) is 4.69. The van der Waals surface area contributed by atoms with Crippen LogP contribution in [0.3, 0.4) is 0 Å². The molecule has 0 unspecified atom stereocenters. The maximum absolute atomic E-state index is 11.5. The fourth-order valence-corrected chi connectivity index (χ4v) is 2.30. The predicted octanol–water partition coefficient (Wildman–Crippen LogP) is 1.76. The lowest BCUT2D eigenvalue weighted by molar-refractivity contribution is 0.0694. The highest BCUT2D eigenvalue weighted by Crippen LogP contribution is 2.33. The molecule has 0 aliphatic heterocycles. The van der Waals surface area contributed by atoms with E-state index in [4.69, 9.17) is 5.11 Å². The number of nitrogens with one attached hydrogen (secondary N) is 1. The van der Waals surface area contributed by atoms with Gasteiger partial charge in [-0.05, 0) is 18.8 Å².